The molecule has 1 aliphatic heterocycles. The van der Waals surface area contributed by atoms with Crippen molar-refractivity contribution in [1.29, 1.82) is 0 Å². The van der Waals surface area contributed by atoms with E-state index in [1.54, 1.807) is 22.9 Å². The van der Waals surface area contributed by atoms with Gasteiger partial charge in [-0.15, -0.1) is 0 Å². The molecule has 0 saturated heterocycles. The monoisotopic (exact) mass is 339 g/mol. The number of anilines is 1. The summed E-state index contributed by atoms with van der Waals surface area (Å²) in [4.78, 5) is 16.6. The van der Waals surface area contributed by atoms with E-state index in [2.05, 4.69) is 20.7 Å². The zero-order chi connectivity index (χ0) is 16.2. The summed E-state index contributed by atoms with van der Waals surface area (Å²) >= 11 is 0.445. The highest BCUT2D eigenvalue weighted by atomic mass is 32.2. The first-order valence-electron chi connectivity index (χ1n) is 7.09. The van der Waals surface area contributed by atoms with Crippen LogP contribution in [0, 0.1) is 0 Å². The number of urea groups is 1. The minimum atomic E-state index is -2.49. The van der Waals surface area contributed by atoms with E-state index in [1.165, 1.54) is 12.4 Å². The number of hydrogen-bond donors (Lipinski definition) is 2. The second-order valence-electron chi connectivity index (χ2n) is 5.10. The maximum absolute atomic E-state index is 12.4. The fourth-order valence-electron chi connectivity index (χ4n) is 2.46. The molecule has 2 aromatic rings. The number of carbonyl (C=O) groups excluding carboxylic acids is 1. The molecule has 0 saturated carbocycles. The first-order chi connectivity index (χ1) is 11.1. The molecule has 1 atom stereocenters. The summed E-state index contributed by atoms with van der Waals surface area (Å²) in [6.45, 7) is 0.573. The lowest BCUT2D eigenvalue weighted by Crippen LogP contribution is -2.43. The molecular formula is C14H15F2N5OS. The molecule has 2 N–H and O–H groups in total. The SMILES string of the molecule is O=C(Nc1cccc(SC(F)F)c1)N[C@H]1CCc2ncnn2C1. The molecule has 0 spiro atoms. The van der Waals surface area contributed by atoms with Crippen LogP contribution in [0.3, 0.4) is 0 Å². The van der Waals surface area contributed by atoms with Crippen molar-refractivity contribution in [3.05, 3.63) is 36.4 Å². The van der Waals surface area contributed by atoms with Crippen LogP contribution in [0.2, 0.25) is 0 Å². The molecule has 0 unspecified atom stereocenters. The van der Waals surface area contributed by atoms with Crippen LogP contribution in [-0.4, -0.2) is 32.6 Å². The maximum Gasteiger partial charge on any atom is 0.319 e. The normalized spacial score (nSPS) is 16.9. The van der Waals surface area contributed by atoms with Gasteiger partial charge in [-0.2, -0.15) is 13.9 Å². The summed E-state index contributed by atoms with van der Waals surface area (Å²) in [6.07, 6.45) is 3.04. The minimum absolute atomic E-state index is 0.0391. The summed E-state index contributed by atoms with van der Waals surface area (Å²) < 4.78 is 26.5. The van der Waals surface area contributed by atoms with Crippen LogP contribution in [0.25, 0.3) is 0 Å². The van der Waals surface area contributed by atoms with Gasteiger partial charge in [-0.3, -0.25) is 0 Å². The van der Waals surface area contributed by atoms with Crippen LogP contribution in [0.5, 0.6) is 0 Å². The van der Waals surface area contributed by atoms with Gasteiger partial charge in [0.25, 0.3) is 5.76 Å². The quantitative estimate of drug-likeness (QED) is 0.840. The number of alkyl halides is 2. The average molecular weight is 339 g/mol. The Morgan fingerprint density at radius 2 is 2.30 bits per heavy atom. The van der Waals surface area contributed by atoms with Crippen molar-refractivity contribution in [3.63, 3.8) is 0 Å². The lowest BCUT2D eigenvalue weighted by molar-refractivity contribution is 0.243. The number of aromatic nitrogens is 3. The van der Waals surface area contributed by atoms with Gasteiger partial charge in [-0.05, 0) is 24.6 Å². The number of fused-ring (bicyclic) bond motifs is 1. The van der Waals surface area contributed by atoms with E-state index in [9.17, 15) is 13.6 Å². The summed E-state index contributed by atoms with van der Waals surface area (Å²) in [5.74, 6) is -1.57. The number of aryl methyl sites for hydroxylation is 1. The first-order valence-corrected chi connectivity index (χ1v) is 7.97. The van der Waals surface area contributed by atoms with E-state index in [0.717, 1.165) is 18.7 Å². The van der Waals surface area contributed by atoms with Crippen molar-refractivity contribution < 1.29 is 13.6 Å². The standard InChI is InChI=1S/C14H15F2N5OS/c15-13(16)23-11-3-1-2-9(6-11)19-14(22)20-10-4-5-12-17-8-18-21(12)7-10/h1-3,6,8,10,13H,4-5,7H2,(H2,19,20,22)/t10-/m0/s1. The Morgan fingerprint density at radius 1 is 1.43 bits per heavy atom. The van der Waals surface area contributed by atoms with Crippen LogP contribution in [-0.2, 0) is 13.0 Å². The van der Waals surface area contributed by atoms with Crippen LogP contribution < -0.4 is 10.6 Å². The highest BCUT2D eigenvalue weighted by molar-refractivity contribution is 7.99. The molecule has 122 valence electrons. The molecule has 0 bridgehead atoms. The fourth-order valence-corrected chi connectivity index (χ4v) is 3.02. The molecule has 9 heteroatoms. The molecule has 6 nitrogen and oxygen atoms in total. The molecule has 1 aromatic heterocycles. The predicted octanol–water partition coefficient (Wildman–Crippen LogP) is 2.73. The Balaban J connectivity index is 1.55. The summed E-state index contributed by atoms with van der Waals surface area (Å²) in [5.41, 5.74) is 0.477. The molecule has 2 heterocycles. The van der Waals surface area contributed by atoms with Crippen LogP contribution in [0.15, 0.2) is 35.5 Å². The Morgan fingerprint density at radius 3 is 3.13 bits per heavy atom. The lowest BCUT2D eigenvalue weighted by Gasteiger charge is -2.23. The fraction of sp³-hybridized carbons (Fsp3) is 0.357. The van der Waals surface area contributed by atoms with Crippen molar-refractivity contribution in [2.45, 2.75) is 36.1 Å². The Hall–Kier alpha value is -2.16. The van der Waals surface area contributed by atoms with Crippen molar-refractivity contribution in [3.8, 4) is 0 Å². The molecule has 0 radical (unpaired) electrons. The number of amides is 2. The van der Waals surface area contributed by atoms with Crippen molar-refractivity contribution >= 4 is 23.5 Å². The van der Waals surface area contributed by atoms with Gasteiger partial charge in [0.15, 0.2) is 0 Å². The van der Waals surface area contributed by atoms with Crippen molar-refractivity contribution in [2.24, 2.45) is 0 Å². The number of rotatable bonds is 4. The minimum Gasteiger partial charge on any atom is -0.333 e. The average Bonchev–Trinajstić information content (AvgIpc) is 2.94. The van der Waals surface area contributed by atoms with Crippen LogP contribution in [0.4, 0.5) is 19.3 Å². The number of thioether (sulfide) groups is 1. The third-order valence-electron chi connectivity index (χ3n) is 3.46. The van der Waals surface area contributed by atoms with Crippen molar-refractivity contribution in [1.82, 2.24) is 20.1 Å². The van der Waals surface area contributed by atoms with Gasteiger partial charge in [0.1, 0.15) is 12.2 Å². The number of benzene rings is 1. The summed E-state index contributed by atoms with van der Waals surface area (Å²) in [6, 6.07) is 5.98. The maximum atomic E-state index is 12.4. The zero-order valence-electron chi connectivity index (χ0n) is 12.1. The molecular weight excluding hydrogens is 324 g/mol. The number of nitrogens with one attached hydrogen (secondary N) is 2. The number of halogens is 2. The first kappa shape index (κ1) is 15.7. The number of hydrogen-bond acceptors (Lipinski definition) is 4. The Kier molecular flexibility index (Phi) is 4.75. The topological polar surface area (TPSA) is 71.8 Å². The molecule has 1 aromatic carbocycles. The molecule has 23 heavy (non-hydrogen) atoms. The van der Waals surface area contributed by atoms with Gasteiger partial charge in [0, 0.05) is 17.0 Å². The molecule has 2 amide bonds. The Labute approximate surface area is 135 Å². The molecule has 0 aliphatic carbocycles. The van der Waals surface area contributed by atoms with E-state index in [-0.39, 0.29) is 12.1 Å². The van der Waals surface area contributed by atoms with Crippen LogP contribution in [0.1, 0.15) is 12.2 Å². The largest absolute Gasteiger partial charge is 0.333 e. The highest BCUT2D eigenvalue weighted by Crippen LogP contribution is 2.27. The van der Waals surface area contributed by atoms with E-state index in [1.807, 2.05) is 0 Å². The predicted molar refractivity (Wildman–Crippen MR) is 82.6 cm³/mol. The third kappa shape index (κ3) is 4.19. The second-order valence-corrected chi connectivity index (χ2v) is 6.16. The summed E-state index contributed by atoms with van der Waals surface area (Å²) in [7, 11) is 0. The van der Waals surface area contributed by atoms with Crippen LogP contribution >= 0.6 is 11.8 Å². The molecule has 1 aliphatic rings. The van der Waals surface area contributed by atoms with Gasteiger partial charge < -0.3 is 10.6 Å². The highest BCUT2D eigenvalue weighted by Gasteiger charge is 2.21. The molecule has 0 fully saturated rings. The third-order valence-corrected chi connectivity index (χ3v) is 4.16. The van der Waals surface area contributed by atoms with Gasteiger partial charge in [-0.1, -0.05) is 17.8 Å². The van der Waals surface area contributed by atoms with E-state index in [0.29, 0.717) is 28.9 Å². The van der Waals surface area contributed by atoms with E-state index >= 15 is 0 Å². The van der Waals surface area contributed by atoms with Gasteiger partial charge >= 0.3 is 6.03 Å². The van der Waals surface area contributed by atoms with E-state index in [4.69, 9.17) is 0 Å². The number of carbonyl (C=O) groups is 1. The lowest BCUT2D eigenvalue weighted by atomic mass is 10.1. The molecule has 3 rings (SSSR count). The zero-order valence-corrected chi connectivity index (χ0v) is 12.9. The van der Waals surface area contributed by atoms with Crippen molar-refractivity contribution in [2.75, 3.05) is 5.32 Å². The summed E-state index contributed by atoms with van der Waals surface area (Å²) in [5, 5.41) is 9.63. The Bertz CT molecular complexity index is 693. The van der Waals surface area contributed by atoms with E-state index < -0.39 is 5.76 Å². The second kappa shape index (κ2) is 6.95. The smallest absolute Gasteiger partial charge is 0.319 e. The number of nitrogens with zero attached hydrogens (tertiary/aromatic N) is 3. The van der Waals surface area contributed by atoms with Gasteiger partial charge in [-0.25, -0.2) is 14.5 Å². The van der Waals surface area contributed by atoms with Gasteiger partial charge in [0.2, 0.25) is 0 Å². The van der Waals surface area contributed by atoms with Gasteiger partial charge in [0.05, 0.1) is 12.6 Å².